The lowest BCUT2D eigenvalue weighted by Gasteiger charge is -2.02. The minimum atomic E-state index is 0.619. The topological polar surface area (TPSA) is 65.2 Å². The number of rotatable bonds is 4. The fourth-order valence-electron chi connectivity index (χ4n) is 1.70. The first-order valence-electron chi connectivity index (χ1n) is 5.89. The molecule has 2 heterocycles. The third-order valence-electron chi connectivity index (χ3n) is 2.65. The normalized spacial score (nSPS) is 10.8. The van der Waals surface area contributed by atoms with Crippen molar-refractivity contribution in [2.75, 3.05) is 5.73 Å². The van der Waals surface area contributed by atoms with Gasteiger partial charge in [0.25, 0.3) is 0 Å². The maximum Gasteiger partial charge on any atom is 0.202 e. The molecule has 0 fully saturated rings. The second kappa shape index (κ2) is 5.64. The van der Waals surface area contributed by atoms with Gasteiger partial charge in [-0.05, 0) is 30.3 Å². The zero-order valence-corrected chi connectivity index (χ0v) is 11.9. The Morgan fingerprint density at radius 3 is 2.85 bits per heavy atom. The van der Waals surface area contributed by atoms with E-state index in [9.17, 15) is 0 Å². The van der Waals surface area contributed by atoms with Crippen molar-refractivity contribution in [3.8, 4) is 11.5 Å². The molecule has 0 saturated carbocycles. The number of furan rings is 1. The van der Waals surface area contributed by atoms with Crippen molar-refractivity contribution in [3.63, 3.8) is 0 Å². The average Bonchev–Trinajstić information content (AvgIpc) is 3.08. The van der Waals surface area contributed by atoms with E-state index in [2.05, 4.69) is 5.16 Å². The summed E-state index contributed by atoms with van der Waals surface area (Å²) in [6, 6.07) is 11.0. The second-order valence-electron chi connectivity index (χ2n) is 4.14. The van der Waals surface area contributed by atoms with Gasteiger partial charge < -0.3 is 14.7 Å². The highest BCUT2D eigenvalue weighted by Crippen LogP contribution is 2.31. The predicted octanol–water partition coefficient (Wildman–Crippen LogP) is 4.46. The molecule has 0 bridgehead atoms. The van der Waals surface area contributed by atoms with E-state index in [1.54, 1.807) is 30.2 Å². The number of nitrogens with two attached hydrogens (primary N) is 1. The molecular weight excluding hydrogens is 296 g/mol. The zero-order chi connectivity index (χ0) is 13.9. The second-order valence-corrected chi connectivity index (χ2v) is 5.56. The highest BCUT2D eigenvalue weighted by molar-refractivity contribution is 7.98. The first-order valence-corrected chi connectivity index (χ1v) is 7.26. The van der Waals surface area contributed by atoms with Crippen molar-refractivity contribution in [2.24, 2.45) is 0 Å². The molecule has 2 N–H and O–H groups in total. The maximum absolute atomic E-state index is 6.12. The number of hydrogen-bond acceptors (Lipinski definition) is 5. The molecule has 3 aromatic rings. The summed E-state index contributed by atoms with van der Waals surface area (Å²) in [6.07, 6.45) is 1.60. The van der Waals surface area contributed by atoms with E-state index in [1.165, 1.54) is 0 Å². The Hall–Kier alpha value is -1.85. The molecule has 2 aromatic heterocycles. The smallest absolute Gasteiger partial charge is 0.202 e. The molecule has 0 radical (unpaired) electrons. The van der Waals surface area contributed by atoms with Gasteiger partial charge in [0, 0.05) is 22.4 Å². The van der Waals surface area contributed by atoms with Crippen LogP contribution in [-0.2, 0) is 5.75 Å². The van der Waals surface area contributed by atoms with E-state index < -0.39 is 0 Å². The molecule has 6 heteroatoms. The summed E-state index contributed by atoms with van der Waals surface area (Å²) in [4.78, 5) is 0.961. The Labute approximate surface area is 124 Å². The minimum Gasteiger partial charge on any atom is -0.461 e. The number of thioether (sulfide) groups is 1. The van der Waals surface area contributed by atoms with Gasteiger partial charge in [-0.15, -0.1) is 11.8 Å². The van der Waals surface area contributed by atoms with Crippen LogP contribution in [0.25, 0.3) is 11.5 Å². The molecule has 20 heavy (non-hydrogen) atoms. The lowest BCUT2D eigenvalue weighted by atomic mass is 10.3. The van der Waals surface area contributed by atoms with Crippen molar-refractivity contribution in [2.45, 2.75) is 10.6 Å². The van der Waals surface area contributed by atoms with Crippen molar-refractivity contribution < 1.29 is 8.94 Å². The van der Waals surface area contributed by atoms with Crippen LogP contribution in [0.1, 0.15) is 5.69 Å². The van der Waals surface area contributed by atoms with Crippen molar-refractivity contribution in [3.05, 3.63) is 53.4 Å². The third-order valence-corrected chi connectivity index (χ3v) is 4.19. The van der Waals surface area contributed by atoms with Gasteiger partial charge in [0.2, 0.25) is 5.76 Å². The molecular formula is C14H11ClN2O2S. The molecule has 0 unspecified atom stereocenters. The van der Waals surface area contributed by atoms with Gasteiger partial charge in [0.15, 0.2) is 5.76 Å². The molecule has 4 nitrogen and oxygen atoms in total. The predicted molar refractivity (Wildman–Crippen MR) is 79.6 cm³/mol. The van der Waals surface area contributed by atoms with Crippen LogP contribution in [0.2, 0.25) is 5.02 Å². The SMILES string of the molecule is Nc1ccc(SCc2cc(-c3ccco3)on2)c(Cl)c1. The summed E-state index contributed by atoms with van der Waals surface area (Å²) in [6.45, 7) is 0. The monoisotopic (exact) mass is 306 g/mol. The minimum absolute atomic E-state index is 0.619. The Morgan fingerprint density at radius 1 is 1.20 bits per heavy atom. The van der Waals surface area contributed by atoms with Gasteiger partial charge in [0.05, 0.1) is 17.0 Å². The van der Waals surface area contributed by atoms with Crippen molar-refractivity contribution >= 4 is 29.1 Å². The van der Waals surface area contributed by atoms with Crippen LogP contribution >= 0.6 is 23.4 Å². The summed E-state index contributed by atoms with van der Waals surface area (Å²) in [5, 5.41) is 4.65. The first-order chi connectivity index (χ1) is 9.72. The van der Waals surface area contributed by atoms with Gasteiger partial charge in [-0.3, -0.25) is 0 Å². The van der Waals surface area contributed by atoms with Gasteiger partial charge >= 0.3 is 0 Å². The number of nitrogens with zero attached hydrogens (tertiary/aromatic N) is 1. The maximum atomic E-state index is 6.12. The van der Waals surface area contributed by atoms with Crippen LogP contribution in [0, 0.1) is 0 Å². The first kappa shape index (κ1) is 13.1. The van der Waals surface area contributed by atoms with Crippen LogP contribution in [0.4, 0.5) is 5.69 Å². The molecule has 0 aliphatic carbocycles. The van der Waals surface area contributed by atoms with E-state index >= 15 is 0 Å². The molecule has 0 saturated heterocycles. The summed E-state index contributed by atoms with van der Waals surface area (Å²) < 4.78 is 10.5. The quantitative estimate of drug-likeness (QED) is 0.569. The van der Waals surface area contributed by atoms with E-state index in [-0.39, 0.29) is 0 Å². The largest absolute Gasteiger partial charge is 0.461 e. The lowest BCUT2D eigenvalue weighted by molar-refractivity contribution is 0.413. The van der Waals surface area contributed by atoms with Crippen LogP contribution in [-0.4, -0.2) is 5.16 Å². The highest BCUT2D eigenvalue weighted by Gasteiger charge is 2.10. The number of benzene rings is 1. The van der Waals surface area contributed by atoms with E-state index in [0.29, 0.717) is 28.0 Å². The fraction of sp³-hybridized carbons (Fsp3) is 0.0714. The van der Waals surface area contributed by atoms with Gasteiger partial charge in [-0.2, -0.15) is 0 Å². The number of anilines is 1. The van der Waals surface area contributed by atoms with Gasteiger partial charge in [0.1, 0.15) is 0 Å². The van der Waals surface area contributed by atoms with Crippen LogP contribution in [0.15, 0.2) is 56.5 Å². The van der Waals surface area contributed by atoms with E-state index in [1.807, 2.05) is 24.3 Å². The number of hydrogen-bond donors (Lipinski definition) is 1. The summed E-state index contributed by atoms with van der Waals surface area (Å²) in [5.74, 6) is 1.95. The Kier molecular flexibility index (Phi) is 3.71. The molecule has 0 spiro atoms. The van der Waals surface area contributed by atoms with E-state index in [0.717, 1.165) is 10.6 Å². The molecule has 1 aromatic carbocycles. The molecule has 0 amide bonds. The molecule has 102 valence electrons. The highest BCUT2D eigenvalue weighted by atomic mass is 35.5. The molecule has 0 aliphatic heterocycles. The average molecular weight is 307 g/mol. The number of nitrogen functional groups attached to an aromatic ring is 1. The Balaban J connectivity index is 1.70. The summed E-state index contributed by atoms with van der Waals surface area (Å²) >= 11 is 7.70. The zero-order valence-electron chi connectivity index (χ0n) is 10.4. The van der Waals surface area contributed by atoms with Gasteiger partial charge in [-0.1, -0.05) is 16.8 Å². The Morgan fingerprint density at radius 2 is 2.10 bits per heavy atom. The number of aromatic nitrogens is 1. The molecule has 0 aliphatic rings. The summed E-state index contributed by atoms with van der Waals surface area (Å²) in [5.41, 5.74) is 7.14. The van der Waals surface area contributed by atoms with Crippen LogP contribution < -0.4 is 5.73 Å². The van der Waals surface area contributed by atoms with Gasteiger partial charge in [-0.25, -0.2) is 0 Å². The van der Waals surface area contributed by atoms with E-state index in [4.69, 9.17) is 26.3 Å². The fourth-order valence-corrected chi connectivity index (χ4v) is 2.85. The van der Waals surface area contributed by atoms with Crippen molar-refractivity contribution in [1.82, 2.24) is 5.16 Å². The van der Waals surface area contributed by atoms with Crippen molar-refractivity contribution in [1.29, 1.82) is 0 Å². The summed E-state index contributed by atoms with van der Waals surface area (Å²) in [7, 11) is 0. The number of halogens is 1. The standard InChI is InChI=1S/C14H11ClN2O2S/c15-11-6-9(16)3-4-14(11)20-8-10-7-13(19-17-10)12-2-1-5-18-12/h1-7H,8,16H2. The Bertz CT molecular complexity index is 710. The molecule has 3 rings (SSSR count). The third kappa shape index (κ3) is 2.84. The lowest BCUT2D eigenvalue weighted by Crippen LogP contribution is -1.85. The van der Waals surface area contributed by atoms with Crippen LogP contribution in [0.5, 0.6) is 0 Å². The van der Waals surface area contributed by atoms with Crippen LogP contribution in [0.3, 0.4) is 0 Å². The molecule has 0 atom stereocenters.